The summed E-state index contributed by atoms with van der Waals surface area (Å²) in [5.41, 5.74) is 2.89. The lowest BCUT2D eigenvalue weighted by molar-refractivity contribution is 0.621. The first-order chi connectivity index (χ1) is 12.8. The standard InChI is InChI=1S/C18H15FN6S/c1-2-12-10-14(18-22-7-9-26-18)23-24-15(12)11-25-8-6-21-17(25)16-13(19)4-3-5-20-16/h3-10H,2,11H2,1H3. The molecule has 0 spiro atoms. The van der Waals surface area contributed by atoms with Crippen LogP contribution in [0.3, 0.4) is 0 Å². The fourth-order valence-electron chi connectivity index (χ4n) is 2.71. The zero-order chi connectivity index (χ0) is 17.9. The predicted molar refractivity (Wildman–Crippen MR) is 97.0 cm³/mol. The number of pyridine rings is 1. The Kier molecular flexibility index (Phi) is 4.49. The Balaban J connectivity index is 1.69. The van der Waals surface area contributed by atoms with Crippen molar-refractivity contribution < 1.29 is 4.39 Å². The van der Waals surface area contributed by atoms with Gasteiger partial charge in [-0.3, -0.25) is 0 Å². The zero-order valence-corrected chi connectivity index (χ0v) is 14.8. The normalized spacial score (nSPS) is 11.0. The molecule has 0 unspecified atom stereocenters. The van der Waals surface area contributed by atoms with Crippen molar-refractivity contribution in [2.45, 2.75) is 19.9 Å². The maximum atomic E-state index is 14.1. The molecular weight excluding hydrogens is 351 g/mol. The van der Waals surface area contributed by atoms with Gasteiger partial charge in [0.05, 0.1) is 12.2 Å². The van der Waals surface area contributed by atoms with Gasteiger partial charge < -0.3 is 4.57 Å². The van der Waals surface area contributed by atoms with Crippen molar-refractivity contribution in [2.24, 2.45) is 0 Å². The third-order valence-electron chi connectivity index (χ3n) is 4.00. The van der Waals surface area contributed by atoms with Crippen LogP contribution in [0.2, 0.25) is 0 Å². The summed E-state index contributed by atoms with van der Waals surface area (Å²) in [4.78, 5) is 12.7. The predicted octanol–water partition coefficient (Wildman–Crippen LogP) is 3.61. The summed E-state index contributed by atoms with van der Waals surface area (Å²) in [7, 11) is 0. The van der Waals surface area contributed by atoms with Gasteiger partial charge in [0.15, 0.2) is 11.6 Å². The third-order valence-corrected chi connectivity index (χ3v) is 4.79. The lowest BCUT2D eigenvalue weighted by Gasteiger charge is -2.11. The van der Waals surface area contributed by atoms with Crippen molar-refractivity contribution in [1.29, 1.82) is 0 Å². The maximum absolute atomic E-state index is 14.1. The number of hydrogen-bond acceptors (Lipinski definition) is 6. The molecule has 0 saturated heterocycles. The minimum atomic E-state index is -0.402. The van der Waals surface area contributed by atoms with Crippen LogP contribution >= 0.6 is 11.3 Å². The molecule has 0 aliphatic heterocycles. The Labute approximate surface area is 153 Å². The fourth-order valence-corrected chi connectivity index (χ4v) is 3.31. The monoisotopic (exact) mass is 366 g/mol. The summed E-state index contributed by atoms with van der Waals surface area (Å²) in [6.07, 6.45) is 7.54. The minimum absolute atomic E-state index is 0.225. The lowest BCUT2D eigenvalue weighted by atomic mass is 10.1. The molecule has 4 aromatic rings. The van der Waals surface area contributed by atoms with Crippen LogP contribution in [-0.2, 0) is 13.0 Å². The van der Waals surface area contributed by atoms with E-state index in [1.807, 2.05) is 16.0 Å². The number of imidazole rings is 1. The average Bonchev–Trinajstić information content (AvgIpc) is 3.35. The van der Waals surface area contributed by atoms with Crippen molar-refractivity contribution in [1.82, 2.24) is 29.7 Å². The molecule has 0 bridgehead atoms. The van der Waals surface area contributed by atoms with Crippen LogP contribution in [0, 0.1) is 5.82 Å². The SMILES string of the molecule is CCc1cc(-c2nccs2)nnc1Cn1ccnc1-c1ncccc1F. The summed E-state index contributed by atoms with van der Waals surface area (Å²) in [6.45, 7) is 2.51. The second-order valence-corrected chi connectivity index (χ2v) is 6.50. The van der Waals surface area contributed by atoms with Gasteiger partial charge in [-0.25, -0.2) is 19.3 Å². The van der Waals surface area contributed by atoms with Gasteiger partial charge in [-0.05, 0) is 30.2 Å². The lowest BCUT2D eigenvalue weighted by Crippen LogP contribution is -2.09. The van der Waals surface area contributed by atoms with Gasteiger partial charge in [0, 0.05) is 30.2 Å². The number of halogens is 1. The first kappa shape index (κ1) is 16.5. The van der Waals surface area contributed by atoms with Crippen molar-refractivity contribution in [3.63, 3.8) is 0 Å². The highest BCUT2D eigenvalue weighted by Crippen LogP contribution is 2.23. The summed E-state index contributed by atoms with van der Waals surface area (Å²) >= 11 is 1.53. The Bertz CT molecular complexity index is 1030. The summed E-state index contributed by atoms with van der Waals surface area (Å²) < 4.78 is 15.9. The first-order valence-electron chi connectivity index (χ1n) is 8.13. The molecule has 0 N–H and O–H groups in total. The van der Waals surface area contributed by atoms with Crippen LogP contribution in [-0.4, -0.2) is 29.7 Å². The van der Waals surface area contributed by atoms with E-state index < -0.39 is 5.82 Å². The molecule has 4 heterocycles. The molecule has 0 aliphatic carbocycles. The van der Waals surface area contributed by atoms with E-state index in [4.69, 9.17) is 0 Å². The molecule has 0 aliphatic rings. The van der Waals surface area contributed by atoms with Crippen LogP contribution in [0.4, 0.5) is 4.39 Å². The van der Waals surface area contributed by atoms with Crippen molar-refractivity contribution in [3.8, 4) is 22.2 Å². The van der Waals surface area contributed by atoms with Gasteiger partial charge in [0.2, 0.25) is 0 Å². The van der Waals surface area contributed by atoms with E-state index in [0.29, 0.717) is 12.4 Å². The van der Waals surface area contributed by atoms with Crippen LogP contribution in [0.25, 0.3) is 22.2 Å². The minimum Gasteiger partial charge on any atom is -0.324 e. The highest BCUT2D eigenvalue weighted by atomic mass is 32.1. The van der Waals surface area contributed by atoms with E-state index in [2.05, 4.69) is 32.1 Å². The Morgan fingerprint density at radius 2 is 2.04 bits per heavy atom. The third kappa shape index (κ3) is 3.11. The quantitative estimate of drug-likeness (QED) is 0.540. The number of thiazole rings is 1. The van der Waals surface area contributed by atoms with Crippen LogP contribution < -0.4 is 0 Å². The molecule has 0 radical (unpaired) electrons. The highest BCUT2D eigenvalue weighted by Gasteiger charge is 2.15. The zero-order valence-electron chi connectivity index (χ0n) is 14.0. The summed E-state index contributed by atoms with van der Waals surface area (Å²) in [5.74, 6) is 0.0665. The van der Waals surface area contributed by atoms with Gasteiger partial charge in [-0.2, -0.15) is 5.10 Å². The van der Waals surface area contributed by atoms with E-state index >= 15 is 0 Å². The molecule has 26 heavy (non-hydrogen) atoms. The van der Waals surface area contributed by atoms with Crippen LogP contribution in [0.5, 0.6) is 0 Å². The largest absolute Gasteiger partial charge is 0.324 e. The molecule has 0 saturated carbocycles. The van der Waals surface area contributed by atoms with Crippen molar-refractivity contribution in [2.75, 3.05) is 0 Å². The van der Waals surface area contributed by atoms with Gasteiger partial charge in [-0.15, -0.1) is 16.4 Å². The van der Waals surface area contributed by atoms with E-state index in [0.717, 1.165) is 28.4 Å². The smallest absolute Gasteiger partial charge is 0.162 e. The topological polar surface area (TPSA) is 69.4 Å². The number of aromatic nitrogens is 6. The molecule has 130 valence electrons. The second-order valence-electron chi connectivity index (χ2n) is 5.60. The molecule has 6 nitrogen and oxygen atoms in total. The highest BCUT2D eigenvalue weighted by molar-refractivity contribution is 7.13. The molecule has 0 fully saturated rings. The number of hydrogen-bond donors (Lipinski definition) is 0. The maximum Gasteiger partial charge on any atom is 0.162 e. The summed E-state index contributed by atoms with van der Waals surface area (Å²) in [5, 5.41) is 11.5. The Morgan fingerprint density at radius 1 is 1.12 bits per heavy atom. The van der Waals surface area contributed by atoms with Crippen molar-refractivity contribution in [3.05, 3.63) is 65.4 Å². The van der Waals surface area contributed by atoms with E-state index in [9.17, 15) is 4.39 Å². The second kappa shape index (κ2) is 7.09. The first-order valence-corrected chi connectivity index (χ1v) is 9.01. The molecular formula is C18H15FN6S. The van der Waals surface area contributed by atoms with E-state index in [1.54, 1.807) is 30.9 Å². The number of nitrogens with zero attached hydrogens (tertiary/aromatic N) is 6. The molecule has 0 aromatic carbocycles. The Morgan fingerprint density at radius 3 is 2.81 bits per heavy atom. The van der Waals surface area contributed by atoms with E-state index in [1.165, 1.54) is 17.4 Å². The van der Waals surface area contributed by atoms with Gasteiger partial charge in [-0.1, -0.05) is 6.92 Å². The molecule has 4 rings (SSSR count). The van der Waals surface area contributed by atoms with Crippen LogP contribution in [0.1, 0.15) is 18.2 Å². The summed E-state index contributed by atoms with van der Waals surface area (Å²) in [6, 6.07) is 4.95. The van der Waals surface area contributed by atoms with Crippen LogP contribution in [0.15, 0.2) is 48.4 Å². The van der Waals surface area contributed by atoms with E-state index in [-0.39, 0.29) is 5.69 Å². The molecule has 0 amide bonds. The molecule has 8 heteroatoms. The molecule has 4 aromatic heterocycles. The average molecular weight is 366 g/mol. The van der Waals surface area contributed by atoms with Gasteiger partial charge in [0.25, 0.3) is 0 Å². The number of aryl methyl sites for hydroxylation is 1. The van der Waals surface area contributed by atoms with Gasteiger partial charge >= 0.3 is 0 Å². The molecule has 0 atom stereocenters. The Hall–Kier alpha value is -3.00. The van der Waals surface area contributed by atoms with Gasteiger partial charge in [0.1, 0.15) is 16.4 Å². The fraction of sp³-hybridized carbons (Fsp3) is 0.167. The van der Waals surface area contributed by atoms with Crippen molar-refractivity contribution >= 4 is 11.3 Å². The number of rotatable bonds is 5.